The summed E-state index contributed by atoms with van der Waals surface area (Å²) in [7, 11) is 0. The number of carbonyl (C=O) groups excluding carboxylic acids is 3. The van der Waals surface area contributed by atoms with Gasteiger partial charge in [-0.1, -0.05) is 12.8 Å². The van der Waals surface area contributed by atoms with Crippen molar-refractivity contribution in [1.29, 1.82) is 0 Å². The molecule has 0 aromatic carbocycles. The van der Waals surface area contributed by atoms with E-state index in [0.717, 1.165) is 25.7 Å². The molecule has 7 heteroatoms. The first-order valence-electron chi connectivity index (χ1n) is 8.88. The quantitative estimate of drug-likeness (QED) is 0.785. The summed E-state index contributed by atoms with van der Waals surface area (Å²) in [6.07, 6.45) is 3.91. The maximum Gasteiger partial charge on any atom is 0.409 e. The molecule has 3 amide bonds. The van der Waals surface area contributed by atoms with Crippen LogP contribution in [0.2, 0.25) is 0 Å². The van der Waals surface area contributed by atoms with Gasteiger partial charge in [0.15, 0.2) is 0 Å². The maximum atomic E-state index is 12.8. The second kappa shape index (κ2) is 7.85. The second-order valence-electron chi connectivity index (χ2n) is 7.06. The van der Waals surface area contributed by atoms with Crippen LogP contribution >= 0.6 is 0 Å². The van der Waals surface area contributed by atoms with Crippen LogP contribution < -0.4 is 5.32 Å². The summed E-state index contributed by atoms with van der Waals surface area (Å²) in [4.78, 5) is 40.3. The molecule has 1 saturated carbocycles. The Labute approximate surface area is 143 Å². The van der Waals surface area contributed by atoms with Gasteiger partial charge in [0.1, 0.15) is 5.41 Å². The lowest BCUT2D eigenvalue weighted by atomic mass is 9.89. The van der Waals surface area contributed by atoms with Crippen LogP contribution in [0.15, 0.2) is 0 Å². The normalized spacial score (nSPS) is 19.3. The van der Waals surface area contributed by atoms with Gasteiger partial charge >= 0.3 is 6.09 Å². The molecule has 0 spiro atoms. The molecule has 1 heterocycles. The molecule has 1 aliphatic heterocycles. The van der Waals surface area contributed by atoms with Crippen LogP contribution in [0.1, 0.15) is 46.5 Å². The summed E-state index contributed by atoms with van der Waals surface area (Å²) in [5.41, 5.74) is -1.09. The highest BCUT2D eigenvalue weighted by Crippen LogP contribution is 2.24. The predicted octanol–water partition coefficient (Wildman–Crippen LogP) is 1.37. The summed E-state index contributed by atoms with van der Waals surface area (Å²) >= 11 is 0. The predicted molar refractivity (Wildman–Crippen MR) is 89.4 cm³/mol. The van der Waals surface area contributed by atoms with E-state index < -0.39 is 5.41 Å². The van der Waals surface area contributed by atoms with Crippen molar-refractivity contribution in [2.24, 2.45) is 5.41 Å². The highest BCUT2D eigenvalue weighted by atomic mass is 16.6. The fourth-order valence-electron chi connectivity index (χ4n) is 3.24. The van der Waals surface area contributed by atoms with Crippen LogP contribution in [-0.4, -0.2) is 66.5 Å². The average Bonchev–Trinajstić information content (AvgIpc) is 3.07. The molecule has 7 nitrogen and oxygen atoms in total. The third kappa shape index (κ3) is 4.19. The van der Waals surface area contributed by atoms with Crippen molar-refractivity contribution in [2.75, 3.05) is 32.8 Å². The van der Waals surface area contributed by atoms with E-state index in [1.165, 1.54) is 0 Å². The molecule has 0 radical (unpaired) electrons. The van der Waals surface area contributed by atoms with Gasteiger partial charge in [-0.05, 0) is 33.6 Å². The van der Waals surface area contributed by atoms with E-state index in [9.17, 15) is 14.4 Å². The van der Waals surface area contributed by atoms with Gasteiger partial charge in [0.05, 0.1) is 6.61 Å². The summed E-state index contributed by atoms with van der Waals surface area (Å²) in [6.45, 7) is 7.19. The smallest absolute Gasteiger partial charge is 0.409 e. The van der Waals surface area contributed by atoms with E-state index in [2.05, 4.69) is 5.32 Å². The Morgan fingerprint density at radius 1 is 1.04 bits per heavy atom. The van der Waals surface area contributed by atoms with Crippen molar-refractivity contribution in [3.05, 3.63) is 0 Å². The minimum atomic E-state index is -1.09. The zero-order chi connectivity index (χ0) is 17.7. The molecule has 2 fully saturated rings. The number of rotatable bonds is 4. The summed E-state index contributed by atoms with van der Waals surface area (Å²) in [6, 6.07) is 0.199. The van der Waals surface area contributed by atoms with E-state index in [-0.39, 0.29) is 23.9 Å². The molecule has 0 aromatic heterocycles. The molecule has 1 aliphatic carbocycles. The molecule has 136 valence electrons. The molecule has 24 heavy (non-hydrogen) atoms. The topological polar surface area (TPSA) is 79.0 Å². The zero-order valence-corrected chi connectivity index (χ0v) is 15.0. The monoisotopic (exact) mass is 339 g/mol. The molecular weight excluding hydrogens is 310 g/mol. The first kappa shape index (κ1) is 18.5. The number of nitrogens with zero attached hydrogens (tertiary/aromatic N) is 2. The van der Waals surface area contributed by atoms with Crippen LogP contribution in [0.4, 0.5) is 4.79 Å². The number of amides is 3. The van der Waals surface area contributed by atoms with Gasteiger partial charge in [-0.2, -0.15) is 0 Å². The molecule has 0 aromatic rings. The molecule has 0 bridgehead atoms. The Hall–Kier alpha value is -1.79. The van der Waals surface area contributed by atoms with E-state index in [1.54, 1.807) is 30.6 Å². The largest absolute Gasteiger partial charge is 0.450 e. The van der Waals surface area contributed by atoms with Crippen LogP contribution in [0.3, 0.4) is 0 Å². The third-order valence-electron chi connectivity index (χ3n) is 4.89. The maximum absolute atomic E-state index is 12.8. The van der Waals surface area contributed by atoms with Gasteiger partial charge in [0.2, 0.25) is 11.8 Å². The van der Waals surface area contributed by atoms with Crippen LogP contribution in [-0.2, 0) is 14.3 Å². The molecule has 0 atom stereocenters. The fourth-order valence-corrected chi connectivity index (χ4v) is 3.24. The van der Waals surface area contributed by atoms with E-state index in [4.69, 9.17) is 4.74 Å². The number of ether oxygens (including phenoxy) is 1. The summed E-state index contributed by atoms with van der Waals surface area (Å²) < 4.78 is 4.98. The first-order valence-corrected chi connectivity index (χ1v) is 8.88. The van der Waals surface area contributed by atoms with Crippen molar-refractivity contribution in [3.63, 3.8) is 0 Å². The van der Waals surface area contributed by atoms with E-state index >= 15 is 0 Å². The Balaban J connectivity index is 1.88. The van der Waals surface area contributed by atoms with Crippen molar-refractivity contribution in [1.82, 2.24) is 15.1 Å². The average molecular weight is 339 g/mol. The lowest BCUT2D eigenvalue weighted by Gasteiger charge is -2.37. The van der Waals surface area contributed by atoms with E-state index in [1.807, 2.05) is 0 Å². The minimum Gasteiger partial charge on any atom is -0.450 e. The van der Waals surface area contributed by atoms with Gasteiger partial charge in [-0.25, -0.2) is 4.79 Å². The number of hydrogen-bond acceptors (Lipinski definition) is 4. The third-order valence-corrected chi connectivity index (χ3v) is 4.89. The molecule has 2 rings (SSSR count). The number of carbonyl (C=O) groups is 3. The van der Waals surface area contributed by atoms with Gasteiger partial charge < -0.3 is 19.9 Å². The first-order chi connectivity index (χ1) is 11.4. The van der Waals surface area contributed by atoms with Crippen molar-refractivity contribution in [2.45, 2.75) is 52.5 Å². The number of piperazine rings is 1. The van der Waals surface area contributed by atoms with Crippen LogP contribution in [0.25, 0.3) is 0 Å². The number of nitrogens with one attached hydrogen (secondary N) is 1. The molecule has 1 N–H and O–H groups in total. The highest BCUT2D eigenvalue weighted by Gasteiger charge is 2.41. The SMILES string of the molecule is CCOC(=O)N1CCN(C(=O)C(C)(C)C(=O)NC2CCCC2)CC1. The van der Waals surface area contributed by atoms with Crippen LogP contribution in [0, 0.1) is 5.41 Å². The second-order valence-corrected chi connectivity index (χ2v) is 7.06. The molecule has 0 unspecified atom stereocenters. The highest BCUT2D eigenvalue weighted by molar-refractivity contribution is 6.04. The van der Waals surface area contributed by atoms with E-state index in [0.29, 0.717) is 32.8 Å². The van der Waals surface area contributed by atoms with Gasteiger partial charge in [-0.3, -0.25) is 9.59 Å². The van der Waals surface area contributed by atoms with Gasteiger partial charge in [0.25, 0.3) is 0 Å². The standard InChI is InChI=1S/C17H29N3O4/c1-4-24-16(23)20-11-9-19(10-12-20)15(22)17(2,3)14(21)18-13-7-5-6-8-13/h13H,4-12H2,1-3H3,(H,18,21). The zero-order valence-electron chi connectivity index (χ0n) is 15.0. The fraction of sp³-hybridized carbons (Fsp3) is 0.824. The van der Waals surface area contributed by atoms with Gasteiger partial charge in [0, 0.05) is 32.2 Å². The minimum absolute atomic E-state index is 0.179. The van der Waals surface area contributed by atoms with Gasteiger partial charge in [-0.15, -0.1) is 0 Å². The van der Waals surface area contributed by atoms with Crippen molar-refractivity contribution in [3.8, 4) is 0 Å². The Morgan fingerprint density at radius 3 is 2.12 bits per heavy atom. The Kier molecular flexibility index (Phi) is 6.07. The lowest BCUT2D eigenvalue weighted by molar-refractivity contribution is -0.150. The van der Waals surface area contributed by atoms with Crippen molar-refractivity contribution < 1.29 is 19.1 Å². The summed E-state index contributed by atoms with van der Waals surface area (Å²) in [5.74, 6) is -0.381. The Morgan fingerprint density at radius 2 is 1.58 bits per heavy atom. The van der Waals surface area contributed by atoms with Crippen LogP contribution in [0.5, 0.6) is 0 Å². The molecule has 2 aliphatic rings. The molecular formula is C17H29N3O4. The Bertz CT molecular complexity index is 478. The van der Waals surface area contributed by atoms with Crippen molar-refractivity contribution >= 4 is 17.9 Å². The number of hydrogen-bond donors (Lipinski definition) is 1. The lowest BCUT2D eigenvalue weighted by Crippen LogP contribution is -2.57. The molecule has 1 saturated heterocycles. The summed E-state index contributed by atoms with van der Waals surface area (Å²) in [5, 5.41) is 3.01.